The summed E-state index contributed by atoms with van der Waals surface area (Å²) in [5.74, 6) is 0.771. The number of anilines is 1. The van der Waals surface area contributed by atoms with Gasteiger partial charge in [-0.3, -0.25) is 9.78 Å². The Balaban J connectivity index is 1.33. The summed E-state index contributed by atoms with van der Waals surface area (Å²) in [6, 6.07) is 25.3. The van der Waals surface area contributed by atoms with Crippen molar-refractivity contribution in [3.05, 3.63) is 108 Å². The summed E-state index contributed by atoms with van der Waals surface area (Å²) in [6.45, 7) is 6.12. The van der Waals surface area contributed by atoms with E-state index in [9.17, 15) is 4.79 Å². The van der Waals surface area contributed by atoms with Gasteiger partial charge in [-0.1, -0.05) is 48.0 Å². The highest BCUT2D eigenvalue weighted by molar-refractivity contribution is 6.30. The zero-order valence-corrected chi connectivity index (χ0v) is 21.8. The number of nitrogens with one attached hydrogen (secondary N) is 1. The van der Waals surface area contributed by atoms with Crippen LogP contribution in [0.2, 0.25) is 5.02 Å². The normalized spacial score (nSPS) is 11.5. The number of amides is 1. The number of carbonyl (C=O) groups excluding carboxylic acids is 1. The van der Waals surface area contributed by atoms with Crippen molar-refractivity contribution in [3.8, 4) is 28.1 Å². The van der Waals surface area contributed by atoms with Crippen molar-refractivity contribution >= 4 is 28.7 Å². The molecule has 0 saturated carbocycles. The molecule has 0 radical (unpaired) electrons. The molecule has 2 heterocycles. The van der Waals surface area contributed by atoms with Gasteiger partial charge < -0.3 is 14.5 Å². The smallest absolute Gasteiger partial charge is 0.228 e. The fourth-order valence-electron chi connectivity index (χ4n) is 4.19. The number of aromatic nitrogens is 2. The molecule has 0 unspecified atom stereocenters. The first-order valence-electron chi connectivity index (χ1n) is 12.1. The molecule has 0 atom stereocenters. The summed E-state index contributed by atoms with van der Waals surface area (Å²) >= 11 is 5.93. The number of rotatable bonds is 6. The summed E-state index contributed by atoms with van der Waals surface area (Å²) < 4.78 is 8.03. The summed E-state index contributed by atoms with van der Waals surface area (Å²) in [5, 5.41) is 3.61. The summed E-state index contributed by atoms with van der Waals surface area (Å²) in [7, 11) is 0. The summed E-state index contributed by atoms with van der Waals surface area (Å²) in [5.41, 5.74) is 6.48. The molecule has 0 spiro atoms. The first kappa shape index (κ1) is 24.6. The van der Waals surface area contributed by atoms with Crippen LogP contribution in [0.5, 0.6) is 5.75 Å². The van der Waals surface area contributed by atoms with E-state index in [1.807, 2.05) is 75.5 Å². The minimum atomic E-state index is -0.234. The maximum absolute atomic E-state index is 12.5. The van der Waals surface area contributed by atoms with E-state index in [-0.39, 0.29) is 17.9 Å². The van der Waals surface area contributed by atoms with E-state index in [4.69, 9.17) is 16.3 Å². The van der Waals surface area contributed by atoms with Gasteiger partial charge in [0.15, 0.2) is 0 Å². The lowest BCUT2D eigenvalue weighted by molar-refractivity contribution is -0.115. The molecule has 186 valence electrons. The molecule has 0 aliphatic rings. The molecular weight excluding hydrogens is 482 g/mol. The van der Waals surface area contributed by atoms with E-state index in [2.05, 4.69) is 39.1 Å². The third kappa shape index (κ3) is 6.01. The Bertz CT molecular complexity index is 1530. The number of hydrogen-bond donors (Lipinski definition) is 1. The number of benzene rings is 3. The Hall–Kier alpha value is -4.09. The highest BCUT2D eigenvalue weighted by Crippen LogP contribution is 2.30. The Kier molecular flexibility index (Phi) is 6.72. The Morgan fingerprint density at radius 1 is 0.919 bits per heavy atom. The molecule has 0 fully saturated rings. The van der Waals surface area contributed by atoms with Gasteiger partial charge in [-0.05, 0) is 74.4 Å². The van der Waals surface area contributed by atoms with E-state index in [1.165, 1.54) is 0 Å². The first-order valence-corrected chi connectivity index (χ1v) is 12.5. The first-order chi connectivity index (χ1) is 17.7. The van der Waals surface area contributed by atoms with Crippen LogP contribution in [0.25, 0.3) is 27.9 Å². The van der Waals surface area contributed by atoms with E-state index in [1.54, 1.807) is 18.3 Å². The predicted octanol–water partition coefficient (Wildman–Crippen LogP) is 7.68. The zero-order valence-electron chi connectivity index (χ0n) is 21.0. The molecule has 0 saturated heterocycles. The van der Waals surface area contributed by atoms with Gasteiger partial charge in [0, 0.05) is 40.4 Å². The number of ether oxygens (including phenoxy) is 1. The number of hydrogen-bond acceptors (Lipinski definition) is 3. The van der Waals surface area contributed by atoms with Gasteiger partial charge in [0.25, 0.3) is 0 Å². The van der Waals surface area contributed by atoms with Crippen LogP contribution in [-0.2, 0) is 11.2 Å². The summed E-state index contributed by atoms with van der Waals surface area (Å²) in [4.78, 5) is 17.1. The van der Waals surface area contributed by atoms with Crippen LogP contribution < -0.4 is 10.1 Å². The second kappa shape index (κ2) is 10.1. The Morgan fingerprint density at radius 3 is 2.27 bits per heavy atom. The van der Waals surface area contributed by atoms with Crippen LogP contribution in [0, 0.1) is 0 Å². The molecule has 1 N–H and O–H groups in total. The fraction of sp³-hybridized carbons (Fsp3) is 0.161. The highest BCUT2D eigenvalue weighted by atomic mass is 35.5. The van der Waals surface area contributed by atoms with Crippen LogP contribution in [-0.4, -0.2) is 20.9 Å². The van der Waals surface area contributed by atoms with Crippen molar-refractivity contribution in [3.63, 3.8) is 0 Å². The summed E-state index contributed by atoms with van der Waals surface area (Å²) in [6.07, 6.45) is 6.14. The maximum atomic E-state index is 12.5. The fourth-order valence-corrected chi connectivity index (χ4v) is 4.32. The molecule has 2 aromatic heterocycles. The number of halogens is 1. The van der Waals surface area contributed by atoms with Crippen LogP contribution in [0.1, 0.15) is 26.3 Å². The van der Waals surface area contributed by atoms with Crippen LogP contribution >= 0.6 is 11.6 Å². The molecule has 0 aliphatic heterocycles. The quantitative estimate of drug-likeness (QED) is 0.255. The molecule has 5 aromatic rings. The lowest BCUT2D eigenvalue weighted by Gasteiger charge is -2.21. The van der Waals surface area contributed by atoms with E-state index >= 15 is 0 Å². The molecule has 1 amide bonds. The predicted molar refractivity (Wildman–Crippen MR) is 150 cm³/mol. The molecule has 0 aliphatic carbocycles. The highest BCUT2D eigenvalue weighted by Gasteiger charge is 2.13. The second-order valence-electron chi connectivity index (χ2n) is 9.96. The van der Waals surface area contributed by atoms with Gasteiger partial charge in [0.1, 0.15) is 11.4 Å². The van der Waals surface area contributed by atoms with Crippen molar-refractivity contribution in [1.82, 2.24) is 9.38 Å². The van der Waals surface area contributed by atoms with Crippen LogP contribution in [0.3, 0.4) is 0 Å². The van der Waals surface area contributed by atoms with Gasteiger partial charge in [-0.25, -0.2) is 0 Å². The monoisotopic (exact) mass is 509 g/mol. The average molecular weight is 510 g/mol. The largest absolute Gasteiger partial charge is 0.488 e. The molecule has 37 heavy (non-hydrogen) atoms. The average Bonchev–Trinajstić information content (AvgIpc) is 3.30. The molecule has 5 rings (SSSR count). The lowest BCUT2D eigenvalue weighted by Crippen LogP contribution is -2.22. The van der Waals surface area contributed by atoms with Gasteiger partial charge in [0.05, 0.1) is 17.6 Å². The molecule has 3 aromatic carbocycles. The molecular formula is C31H28ClN3O2. The van der Waals surface area contributed by atoms with Gasteiger partial charge >= 0.3 is 0 Å². The number of nitrogens with zero attached hydrogens (tertiary/aromatic N) is 2. The van der Waals surface area contributed by atoms with Crippen LogP contribution in [0.4, 0.5) is 5.69 Å². The third-order valence-electron chi connectivity index (χ3n) is 5.85. The standard InChI is InChI=1S/C31H28ClN3O2/c1-31(2,3)37-27-14-8-22(9-15-27)24-19-28-30(33-16-17-35(28)20-24)23-6-12-26(13-7-23)34-29(36)18-21-4-10-25(32)11-5-21/h4-17,19-20H,18H2,1-3H3,(H,34,36). The van der Waals surface area contributed by atoms with E-state index < -0.39 is 0 Å². The number of carbonyl (C=O) groups is 1. The van der Waals surface area contributed by atoms with E-state index in [0.717, 1.165) is 44.9 Å². The van der Waals surface area contributed by atoms with Crippen LogP contribution in [0.15, 0.2) is 97.5 Å². The van der Waals surface area contributed by atoms with Crippen molar-refractivity contribution in [2.24, 2.45) is 0 Å². The topological polar surface area (TPSA) is 55.6 Å². The van der Waals surface area contributed by atoms with Crippen molar-refractivity contribution in [2.45, 2.75) is 32.8 Å². The van der Waals surface area contributed by atoms with Gasteiger partial charge in [-0.2, -0.15) is 0 Å². The van der Waals surface area contributed by atoms with Crippen molar-refractivity contribution in [2.75, 3.05) is 5.32 Å². The minimum absolute atomic E-state index is 0.0783. The molecule has 5 nitrogen and oxygen atoms in total. The van der Waals surface area contributed by atoms with E-state index in [0.29, 0.717) is 5.02 Å². The minimum Gasteiger partial charge on any atom is -0.488 e. The SMILES string of the molecule is CC(C)(C)Oc1ccc(-c2cc3c(-c4ccc(NC(=O)Cc5ccc(Cl)cc5)cc4)nccn3c2)cc1. The second-order valence-corrected chi connectivity index (χ2v) is 10.4. The third-order valence-corrected chi connectivity index (χ3v) is 6.11. The number of fused-ring (bicyclic) bond motifs is 1. The molecule has 6 heteroatoms. The Labute approximate surface area is 221 Å². The molecule has 0 bridgehead atoms. The zero-order chi connectivity index (χ0) is 26.0. The van der Waals surface area contributed by atoms with Gasteiger partial charge in [-0.15, -0.1) is 0 Å². The van der Waals surface area contributed by atoms with Crippen molar-refractivity contribution < 1.29 is 9.53 Å². The maximum Gasteiger partial charge on any atom is 0.228 e. The Morgan fingerprint density at radius 2 is 1.59 bits per heavy atom. The lowest BCUT2D eigenvalue weighted by atomic mass is 10.1. The van der Waals surface area contributed by atoms with Crippen molar-refractivity contribution in [1.29, 1.82) is 0 Å². The van der Waals surface area contributed by atoms with Gasteiger partial charge in [0.2, 0.25) is 5.91 Å².